The summed E-state index contributed by atoms with van der Waals surface area (Å²) in [4.78, 5) is 10.5. The first-order valence-electron chi connectivity index (χ1n) is 5.69. The molecule has 0 unspecified atom stereocenters. The van der Waals surface area contributed by atoms with Crippen molar-refractivity contribution in [2.45, 2.75) is 0 Å². The number of anilines is 3. The molecule has 0 saturated heterocycles. The number of nitrogens with one attached hydrogen (secondary N) is 2. The van der Waals surface area contributed by atoms with Gasteiger partial charge in [-0.05, 0) is 40.2 Å². The maximum absolute atomic E-state index is 10.9. The van der Waals surface area contributed by atoms with Crippen LogP contribution in [-0.4, -0.2) is 12.0 Å². The summed E-state index contributed by atoms with van der Waals surface area (Å²) in [5.74, 6) is 0. The summed E-state index contributed by atoms with van der Waals surface area (Å²) in [6.45, 7) is 0. The quantitative estimate of drug-likeness (QED) is 0.610. The van der Waals surface area contributed by atoms with E-state index in [0.717, 1.165) is 10.2 Å². The van der Waals surface area contributed by atoms with Gasteiger partial charge < -0.3 is 10.6 Å². The highest BCUT2D eigenvalue weighted by Crippen LogP contribution is 2.30. The van der Waals surface area contributed by atoms with Crippen LogP contribution in [0.1, 0.15) is 0 Å². The predicted octanol–water partition coefficient (Wildman–Crippen LogP) is 4.80. The van der Waals surface area contributed by atoms with E-state index >= 15 is 0 Å². The highest BCUT2D eigenvalue weighted by Gasteiger charge is 2.09. The normalized spacial score (nSPS) is 10.2. The molecule has 0 aromatic heterocycles. The van der Waals surface area contributed by atoms with Crippen molar-refractivity contribution in [3.8, 4) is 0 Å². The number of hydrogen-bond acceptors (Lipinski definition) is 4. The van der Waals surface area contributed by atoms with Gasteiger partial charge in [0.1, 0.15) is 0 Å². The largest absolute Gasteiger partial charge is 0.388 e. The lowest BCUT2D eigenvalue weighted by Gasteiger charge is -2.09. The van der Waals surface area contributed by atoms with Gasteiger partial charge in [0.05, 0.1) is 9.95 Å². The molecule has 7 heteroatoms. The Morgan fingerprint density at radius 2 is 1.85 bits per heavy atom. The van der Waals surface area contributed by atoms with Gasteiger partial charge in [-0.3, -0.25) is 10.1 Å². The Hall–Kier alpha value is -1.79. The van der Waals surface area contributed by atoms with Gasteiger partial charge in [0.2, 0.25) is 0 Å². The Morgan fingerprint density at radius 3 is 2.45 bits per heavy atom. The molecular weight excluding hydrogens is 346 g/mol. The van der Waals surface area contributed by atoms with Crippen LogP contribution in [0, 0.1) is 10.1 Å². The second-order valence-electron chi connectivity index (χ2n) is 4.03. The fourth-order valence-electron chi connectivity index (χ4n) is 1.67. The van der Waals surface area contributed by atoms with Crippen molar-refractivity contribution in [2.24, 2.45) is 0 Å². The zero-order valence-corrected chi connectivity index (χ0v) is 12.8. The summed E-state index contributed by atoms with van der Waals surface area (Å²) in [6, 6.07) is 10.1. The molecular formula is C13H11BrClN3O2. The molecule has 0 saturated carbocycles. The molecule has 0 heterocycles. The van der Waals surface area contributed by atoms with E-state index in [-0.39, 0.29) is 5.69 Å². The highest BCUT2D eigenvalue weighted by molar-refractivity contribution is 9.10. The molecule has 5 nitrogen and oxygen atoms in total. The Kier molecular flexibility index (Phi) is 4.46. The first-order valence-corrected chi connectivity index (χ1v) is 6.86. The van der Waals surface area contributed by atoms with Gasteiger partial charge in [-0.25, -0.2) is 0 Å². The average molecular weight is 357 g/mol. The van der Waals surface area contributed by atoms with Crippen molar-refractivity contribution >= 4 is 50.3 Å². The van der Waals surface area contributed by atoms with Crippen LogP contribution in [0.5, 0.6) is 0 Å². The van der Waals surface area contributed by atoms with E-state index in [0.29, 0.717) is 16.4 Å². The van der Waals surface area contributed by atoms with Crippen LogP contribution >= 0.6 is 27.5 Å². The average Bonchev–Trinajstić information content (AvgIpc) is 2.42. The number of benzene rings is 2. The van der Waals surface area contributed by atoms with E-state index in [4.69, 9.17) is 11.6 Å². The van der Waals surface area contributed by atoms with E-state index in [1.54, 1.807) is 25.2 Å². The maximum atomic E-state index is 10.9. The third-order valence-electron chi connectivity index (χ3n) is 2.63. The first-order chi connectivity index (χ1) is 9.49. The predicted molar refractivity (Wildman–Crippen MR) is 85.1 cm³/mol. The minimum absolute atomic E-state index is 0.0163. The van der Waals surface area contributed by atoms with E-state index in [1.807, 2.05) is 6.07 Å². The molecule has 0 spiro atoms. The summed E-state index contributed by atoms with van der Waals surface area (Å²) in [5, 5.41) is 17.4. The van der Waals surface area contributed by atoms with Gasteiger partial charge in [0, 0.05) is 40.7 Å². The molecule has 2 N–H and O–H groups in total. The molecule has 0 bridgehead atoms. The Morgan fingerprint density at radius 1 is 1.15 bits per heavy atom. The lowest BCUT2D eigenvalue weighted by molar-refractivity contribution is -0.384. The van der Waals surface area contributed by atoms with Crippen LogP contribution in [0.4, 0.5) is 22.7 Å². The van der Waals surface area contributed by atoms with E-state index in [2.05, 4.69) is 26.6 Å². The second-order valence-corrected chi connectivity index (χ2v) is 5.29. The zero-order valence-electron chi connectivity index (χ0n) is 10.5. The molecule has 0 aliphatic rings. The lowest BCUT2D eigenvalue weighted by atomic mass is 10.2. The maximum Gasteiger partial charge on any atom is 0.273 e. The van der Waals surface area contributed by atoms with E-state index < -0.39 is 4.92 Å². The third-order valence-corrected chi connectivity index (χ3v) is 3.86. The molecule has 0 aliphatic carbocycles. The van der Waals surface area contributed by atoms with E-state index in [9.17, 15) is 10.1 Å². The third kappa shape index (κ3) is 3.40. The Labute approximate surface area is 129 Å². The molecule has 2 rings (SSSR count). The number of non-ortho nitro benzene ring substituents is 1. The minimum atomic E-state index is -0.430. The first kappa shape index (κ1) is 14.6. The van der Waals surface area contributed by atoms with Crippen molar-refractivity contribution in [3.05, 3.63) is 56.0 Å². The highest BCUT2D eigenvalue weighted by atomic mass is 79.9. The summed E-state index contributed by atoms with van der Waals surface area (Å²) >= 11 is 9.32. The van der Waals surface area contributed by atoms with Crippen molar-refractivity contribution in [3.63, 3.8) is 0 Å². The molecule has 2 aromatic carbocycles. The molecule has 0 amide bonds. The smallest absolute Gasteiger partial charge is 0.273 e. The fourth-order valence-corrected chi connectivity index (χ4v) is 2.10. The molecule has 0 aliphatic heterocycles. The zero-order chi connectivity index (χ0) is 14.7. The number of hydrogen-bond donors (Lipinski definition) is 2. The molecule has 0 atom stereocenters. The molecule has 104 valence electrons. The summed E-state index contributed by atoms with van der Waals surface area (Å²) in [7, 11) is 1.71. The number of nitrogens with zero attached hydrogens (tertiary/aromatic N) is 1. The molecule has 0 radical (unpaired) electrons. The molecule has 20 heavy (non-hydrogen) atoms. The van der Waals surface area contributed by atoms with Crippen molar-refractivity contribution < 1.29 is 4.92 Å². The van der Waals surface area contributed by atoms with Gasteiger partial charge in [-0.2, -0.15) is 0 Å². The van der Waals surface area contributed by atoms with Crippen LogP contribution < -0.4 is 10.6 Å². The minimum Gasteiger partial charge on any atom is -0.388 e. The number of nitro groups is 1. The lowest BCUT2D eigenvalue weighted by Crippen LogP contribution is -1.96. The summed E-state index contributed by atoms with van der Waals surface area (Å²) in [5.41, 5.74) is 2.04. The summed E-state index contributed by atoms with van der Waals surface area (Å²) in [6.07, 6.45) is 0. The SMILES string of the molecule is CNc1cc(Nc2ccc(Br)c(Cl)c2)cc([N+](=O)[O-])c1. The molecule has 0 fully saturated rings. The van der Waals surface area contributed by atoms with Crippen molar-refractivity contribution in [1.29, 1.82) is 0 Å². The number of rotatable bonds is 4. The van der Waals surface area contributed by atoms with Crippen LogP contribution in [0.3, 0.4) is 0 Å². The van der Waals surface area contributed by atoms with Gasteiger partial charge >= 0.3 is 0 Å². The number of nitro benzene ring substituents is 1. The molecule has 2 aromatic rings. The summed E-state index contributed by atoms with van der Waals surface area (Å²) < 4.78 is 0.791. The van der Waals surface area contributed by atoms with Crippen LogP contribution in [0.25, 0.3) is 0 Å². The monoisotopic (exact) mass is 355 g/mol. The Balaban J connectivity index is 2.34. The standard InChI is InChI=1S/C13H11BrClN3O2/c1-16-9-4-10(6-11(5-9)18(19)20)17-8-2-3-12(14)13(15)7-8/h2-7,16-17H,1H3. The van der Waals surface area contributed by atoms with Gasteiger partial charge in [0.15, 0.2) is 0 Å². The van der Waals surface area contributed by atoms with Gasteiger partial charge in [0.25, 0.3) is 5.69 Å². The van der Waals surface area contributed by atoms with Crippen LogP contribution in [0.2, 0.25) is 5.02 Å². The fraction of sp³-hybridized carbons (Fsp3) is 0.0769. The van der Waals surface area contributed by atoms with Crippen LogP contribution in [0.15, 0.2) is 40.9 Å². The van der Waals surface area contributed by atoms with E-state index in [1.165, 1.54) is 12.1 Å². The second kappa shape index (κ2) is 6.11. The van der Waals surface area contributed by atoms with Gasteiger partial charge in [-0.15, -0.1) is 0 Å². The van der Waals surface area contributed by atoms with Crippen molar-refractivity contribution in [1.82, 2.24) is 0 Å². The Bertz CT molecular complexity index is 664. The van der Waals surface area contributed by atoms with Gasteiger partial charge in [-0.1, -0.05) is 11.6 Å². The van der Waals surface area contributed by atoms with Crippen LogP contribution in [-0.2, 0) is 0 Å². The topological polar surface area (TPSA) is 67.2 Å². The number of halogens is 2. The van der Waals surface area contributed by atoms with Crippen molar-refractivity contribution in [2.75, 3.05) is 17.7 Å².